The second-order valence-electron chi connectivity index (χ2n) is 6.15. The molecule has 0 fully saturated rings. The molecule has 0 aliphatic rings. The molecule has 3 heteroatoms. The van der Waals surface area contributed by atoms with Gasteiger partial charge < -0.3 is 10.1 Å². The molecule has 1 amide bonds. The SMILES string of the molecule is CCc1ccc([C@@H](C)NC(=O)[C@H](CC)Oc2ccc(C)cc2)cc1. The van der Waals surface area contributed by atoms with Gasteiger partial charge in [-0.25, -0.2) is 0 Å². The van der Waals surface area contributed by atoms with Crippen molar-refractivity contribution in [2.45, 2.75) is 52.7 Å². The van der Waals surface area contributed by atoms with Crippen molar-refractivity contribution in [1.29, 1.82) is 0 Å². The zero-order chi connectivity index (χ0) is 17.5. The molecule has 0 aliphatic heterocycles. The molecule has 0 saturated carbocycles. The van der Waals surface area contributed by atoms with Gasteiger partial charge in [-0.2, -0.15) is 0 Å². The van der Waals surface area contributed by atoms with E-state index in [4.69, 9.17) is 4.74 Å². The fourth-order valence-corrected chi connectivity index (χ4v) is 2.54. The predicted molar refractivity (Wildman–Crippen MR) is 98.3 cm³/mol. The Morgan fingerprint density at radius 1 is 1.04 bits per heavy atom. The highest BCUT2D eigenvalue weighted by Gasteiger charge is 2.20. The van der Waals surface area contributed by atoms with E-state index in [1.807, 2.05) is 45.0 Å². The number of carbonyl (C=O) groups excluding carboxylic acids is 1. The Morgan fingerprint density at radius 2 is 1.67 bits per heavy atom. The molecule has 3 nitrogen and oxygen atoms in total. The van der Waals surface area contributed by atoms with Gasteiger partial charge in [0.15, 0.2) is 6.10 Å². The van der Waals surface area contributed by atoms with E-state index in [1.165, 1.54) is 11.1 Å². The summed E-state index contributed by atoms with van der Waals surface area (Å²) in [5.74, 6) is 0.646. The van der Waals surface area contributed by atoms with E-state index >= 15 is 0 Å². The van der Waals surface area contributed by atoms with Crippen molar-refractivity contribution in [3.8, 4) is 5.75 Å². The molecule has 2 aromatic carbocycles. The highest BCUT2D eigenvalue weighted by atomic mass is 16.5. The number of nitrogens with one attached hydrogen (secondary N) is 1. The molecule has 24 heavy (non-hydrogen) atoms. The Balaban J connectivity index is 1.98. The van der Waals surface area contributed by atoms with E-state index in [2.05, 4.69) is 36.5 Å². The summed E-state index contributed by atoms with van der Waals surface area (Å²) in [6.07, 6.45) is 1.16. The number of aryl methyl sites for hydroxylation is 2. The summed E-state index contributed by atoms with van der Waals surface area (Å²) in [4.78, 5) is 12.5. The van der Waals surface area contributed by atoms with Crippen LogP contribution in [-0.4, -0.2) is 12.0 Å². The third-order valence-corrected chi connectivity index (χ3v) is 4.21. The van der Waals surface area contributed by atoms with Crippen molar-refractivity contribution in [1.82, 2.24) is 5.32 Å². The molecular formula is C21H27NO2. The normalized spacial score (nSPS) is 13.2. The molecular weight excluding hydrogens is 298 g/mol. The van der Waals surface area contributed by atoms with Crippen LogP contribution >= 0.6 is 0 Å². The number of hydrogen-bond donors (Lipinski definition) is 1. The Kier molecular flexibility index (Phi) is 6.42. The Hall–Kier alpha value is -2.29. The van der Waals surface area contributed by atoms with Crippen molar-refractivity contribution < 1.29 is 9.53 Å². The first kappa shape index (κ1) is 18.1. The van der Waals surface area contributed by atoms with Crippen LogP contribution in [0.3, 0.4) is 0 Å². The van der Waals surface area contributed by atoms with E-state index < -0.39 is 6.10 Å². The molecule has 0 heterocycles. The van der Waals surface area contributed by atoms with Crippen molar-refractivity contribution in [3.05, 3.63) is 65.2 Å². The van der Waals surface area contributed by atoms with Crippen molar-refractivity contribution in [3.63, 3.8) is 0 Å². The molecule has 2 atom stereocenters. The first-order chi connectivity index (χ1) is 11.5. The van der Waals surface area contributed by atoms with Gasteiger partial charge in [-0.05, 0) is 49.9 Å². The minimum atomic E-state index is -0.481. The maximum Gasteiger partial charge on any atom is 0.261 e. The lowest BCUT2D eigenvalue weighted by Crippen LogP contribution is -2.39. The number of carbonyl (C=O) groups is 1. The van der Waals surface area contributed by atoms with Crippen LogP contribution < -0.4 is 10.1 Å². The highest BCUT2D eigenvalue weighted by Crippen LogP contribution is 2.17. The van der Waals surface area contributed by atoms with Crippen LogP contribution in [0, 0.1) is 6.92 Å². The van der Waals surface area contributed by atoms with E-state index in [9.17, 15) is 4.79 Å². The van der Waals surface area contributed by atoms with Gasteiger partial charge in [0.2, 0.25) is 0 Å². The molecule has 0 bridgehead atoms. The monoisotopic (exact) mass is 325 g/mol. The molecule has 1 N–H and O–H groups in total. The van der Waals surface area contributed by atoms with Crippen molar-refractivity contribution in [2.24, 2.45) is 0 Å². The second-order valence-corrected chi connectivity index (χ2v) is 6.15. The van der Waals surface area contributed by atoms with Crippen LogP contribution in [0.2, 0.25) is 0 Å². The maximum atomic E-state index is 12.5. The average Bonchev–Trinajstić information content (AvgIpc) is 2.61. The Bertz CT molecular complexity index is 647. The fourth-order valence-electron chi connectivity index (χ4n) is 2.54. The van der Waals surface area contributed by atoms with Gasteiger partial charge in [0.05, 0.1) is 6.04 Å². The van der Waals surface area contributed by atoms with Gasteiger partial charge in [0, 0.05) is 0 Å². The molecule has 0 radical (unpaired) electrons. The van der Waals surface area contributed by atoms with E-state index in [0.717, 1.165) is 17.7 Å². The van der Waals surface area contributed by atoms with Gasteiger partial charge in [0.25, 0.3) is 5.91 Å². The van der Waals surface area contributed by atoms with Gasteiger partial charge >= 0.3 is 0 Å². The summed E-state index contributed by atoms with van der Waals surface area (Å²) >= 11 is 0. The zero-order valence-corrected chi connectivity index (χ0v) is 15.0. The summed E-state index contributed by atoms with van der Waals surface area (Å²) < 4.78 is 5.84. The molecule has 2 rings (SSSR count). The summed E-state index contributed by atoms with van der Waals surface area (Å²) in [6, 6.07) is 16.1. The molecule has 128 valence electrons. The Labute approximate surface area is 145 Å². The molecule has 0 unspecified atom stereocenters. The lowest BCUT2D eigenvalue weighted by atomic mass is 10.0. The van der Waals surface area contributed by atoms with Crippen LogP contribution in [0.1, 0.15) is 49.9 Å². The molecule has 2 aromatic rings. The molecule has 0 aliphatic carbocycles. The molecule has 0 aromatic heterocycles. The third kappa shape index (κ3) is 4.85. The maximum absolute atomic E-state index is 12.5. The van der Waals surface area contributed by atoms with Gasteiger partial charge in [-0.1, -0.05) is 55.8 Å². The predicted octanol–water partition coefficient (Wildman–Crippen LogP) is 4.59. The number of amides is 1. The van der Waals surface area contributed by atoms with Gasteiger partial charge in [0.1, 0.15) is 5.75 Å². The number of hydrogen-bond acceptors (Lipinski definition) is 2. The number of benzene rings is 2. The van der Waals surface area contributed by atoms with Gasteiger partial charge in [-0.3, -0.25) is 4.79 Å². The quantitative estimate of drug-likeness (QED) is 0.808. The second kappa shape index (κ2) is 8.53. The van der Waals surface area contributed by atoms with Crippen LogP contribution in [-0.2, 0) is 11.2 Å². The van der Waals surface area contributed by atoms with Crippen LogP contribution in [0.15, 0.2) is 48.5 Å². The van der Waals surface area contributed by atoms with Crippen LogP contribution in [0.25, 0.3) is 0 Å². The third-order valence-electron chi connectivity index (χ3n) is 4.21. The fraction of sp³-hybridized carbons (Fsp3) is 0.381. The van der Waals surface area contributed by atoms with E-state index in [0.29, 0.717) is 6.42 Å². The lowest BCUT2D eigenvalue weighted by molar-refractivity contribution is -0.128. The molecule has 0 spiro atoms. The summed E-state index contributed by atoms with van der Waals surface area (Å²) in [5, 5.41) is 3.05. The lowest BCUT2D eigenvalue weighted by Gasteiger charge is -2.21. The van der Waals surface area contributed by atoms with Gasteiger partial charge in [-0.15, -0.1) is 0 Å². The Morgan fingerprint density at radius 3 is 2.21 bits per heavy atom. The minimum Gasteiger partial charge on any atom is -0.481 e. The first-order valence-electron chi connectivity index (χ1n) is 8.66. The smallest absolute Gasteiger partial charge is 0.261 e. The van der Waals surface area contributed by atoms with Crippen molar-refractivity contribution >= 4 is 5.91 Å². The van der Waals surface area contributed by atoms with Crippen LogP contribution in [0.4, 0.5) is 0 Å². The largest absolute Gasteiger partial charge is 0.481 e. The van der Waals surface area contributed by atoms with Crippen molar-refractivity contribution in [2.75, 3.05) is 0 Å². The molecule has 0 saturated heterocycles. The summed E-state index contributed by atoms with van der Waals surface area (Å²) in [7, 11) is 0. The standard InChI is InChI=1S/C21H27NO2/c1-5-17-9-11-18(12-10-17)16(4)22-21(23)20(6-2)24-19-13-7-15(3)8-14-19/h7-14,16,20H,5-6H2,1-4H3,(H,22,23)/t16-,20+/m1/s1. The minimum absolute atomic E-state index is 0.0425. The zero-order valence-electron chi connectivity index (χ0n) is 15.0. The van der Waals surface area contributed by atoms with E-state index in [-0.39, 0.29) is 11.9 Å². The summed E-state index contributed by atoms with van der Waals surface area (Å²) in [5.41, 5.74) is 3.57. The van der Waals surface area contributed by atoms with E-state index in [1.54, 1.807) is 0 Å². The topological polar surface area (TPSA) is 38.3 Å². The number of ether oxygens (including phenoxy) is 1. The average molecular weight is 325 g/mol. The van der Waals surface area contributed by atoms with Crippen LogP contribution in [0.5, 0.6) is 5.75 Å². The first-order valence-corrected chi connectivity index (χ1v) is 8.66. The number of rotatable bonds is 7. The highest BCUT2D eigenvalue weighted by molar-refractivity contribution is 5.81. The summed E-state index contributed by atoms with van der Waals surface area (Å²) in [6.45, 7) is 8.12.